The highest BCUT2D eigenvalue weighted by atomic mass is 35.5. The second-order valence-electron chi connectivity index (χ2n) is 7.47. The number of halogens is 2. The Balaban J connectivity index is 1.68. The number of fused-ring (bicyclic) bond motifs is 1. The lowest BCUT2D eigenvalue weighted by Crippen LogP contribution is -2.09. The van der Waals surface area contributed by atoms with Crippen molar-refractivity contribution in [1.29, 1.82) is 0 Å². The van der Waals surface area contributed by atoms with E-state index in [0.29, 0.717) is 27.8 Å². The first kappa shape index (κ1) is 23.2. The van der Waals surface area contributed by atoms with Crippen molar-refractivity contribution in [3.05, 3.63) is 87.5 Å². The number of carbonyl (C=O) groups is 1. The minimum atomic E-state index is -0.332. The molecule has 0 aliphatic carbocycles. The van der Waals surface area contributed by atoms with Gasteiger partial charge in [0.05, 0.1) is 17.4 Å². The zero-order valence-corrected chi connectivity index (χ0v) is 19.6. The summed E-state index contributed by atoms with van der Waals surface area (Å²) in [4.78, 5) is 11.9. The van der Waals surface area contributed by atoms with Crippen molar-refractivity contribution in [2.24, 2.45) is 5.73 Å². The Morgan fingerprint density at radius 2 is 1.85 bits per heavy atom. The normalized spacial score (nSPS) is 11.0. The molecular weight excluding hydrogens is 461 g/mol. The molecule has 0 aliphatic heterocycles. The zero-order chi connectivity index (χ0) is 23.4. The molecule has 33 heavy (non-hydrogen) atoms. The topological polar surface area (TPSA) is 61.5 Å². The summed E-state index contributed by atoms with van der Waals surface area (Å²) < 4.78 is 27.8. The second-order valence-corrected chi connectivity index (χ2v) is 9.18. The molecule has 1 aromatic heterocycles. The summed E-state index contributed by atoms with van der Waals surface area (Å²) >= 11 is 7.72. The van der Waals surface area contributed by atoms with Crippen molar-refractivity contribution >= 4 is 39.0 Å². The summed E-state index contributed by atoms with van der Waals surface area (Å²) in [6.07, 6.45) is 0.131. The van der Waals surface area contributed by atoms with Gasteiger partial charge in [-0.2, -0.15) is 0 Å². The third kappa shape index (κ3) is 5.19. The van der Waals surface area contributed by atoms with E-state index in [-0.39, 0.29) is 31.4 Å². The molecule has 0 fully saturated rings. The van der Waals surface area contributed by atoms with E-state index in [4.69, 9.17) is 26.8 Å². The number of ether oxygens (including phenoxy) is 2. The molecule has 3 aromatic carbocycles. The summed E-state index contributed by atoms with van der Waals surface area (Å²) in [5.41, 5.74) is 8.99. The minimum absolute atomic E-state index is 0.118. The minimum Gasteiger partial charge on any atom is -0.489 e. The first-order valence-corrected chi connectivity index (χ1v) is 11.8. The van der Waals surface area contributed by atoms with Gasteiger partial charge < -0.3 is 15.2 Å². The van der Waals surface area contributed by atoms with Crippen LogP contribution in [-0.2, 0) is 29.1 Å². The molecule has 2 N–H and O–H groups in total. The van der Waals surface area contributed by atoms with Crippen molar-refractivity contribution in [2.45, 2.75) is 26.5 Å². The number of esters is 1. The van der Waals surface area contributed by atoms with E-state index in [2.05, 4.69) is 0 Å². The van der Waals surface area contributed by atoms with Crippen LogP contribution >= 0.6 is 22.9 Å². The molecule has 0 unspecified atom stereocenters. The molecule has 0 saturated carbocycles. The van der Waals surface area contributed by atoms with Gasteiger partial charge in [0, 0.05) is 33.3 Å². The van der Waals surface area contributed by atoms with Crippen LogP contribution in [0, 0.1) is 5.82 Å². The van der Waals surface area contributed by atoms with Gasteiger partial charge in [-0.3, -0.25) is 4.79 Å². The Kier molecular flexibility index (Phi) is 7.28. The predicted molar refractivity (Wildman–Crippen MR) is 131 cm³/mol. The Morgan fingerprint density at radius 1 is 1.06 bits per heavy atom. The fraction of sp³-hybridized carbons (Fsp3) is 0.192. The van der Waals surface area contributed by atoms with Crippen LogP contribution in [-0.4, -0.2) is 12.6 Å². The van der Waals surface area contributed by atoms with Gasteiger partial charge >= 0.3 is 5.97 Å². The van der Waals surface area contributed by atoms with Crippen molar-refractivity contribution in [2.75, 3.05) is 6.61 Å². The molecule has 7 heteroatoms. The fourth-order valence-corrected chi connectivity index (χ4v) is 4.97. The van der Waals surface area contributed by atoms with E-state index in [9.17, 15) is 4.79 Å². The summed E-state index contributed by atoms with van der Waals surface area (Å²) in [6, 6.07) is 18.4. The molecule has 4 nitrogen and oxygen atoms in total. The highest BCUT2D eigenvalue weighted by Gasteiger charge is 2.16. The van der Waals surface area contributed by atoms with Gasteiger partial charge in [0.15, 0.2) is 0 Å². The van der Waals surface area contributed by atoms with Crippen molar-refractivity contribution in [3.63, 3.8) is 0 Å². The van der Waals surface area contributed by atoms with E-state index in [1.165, 1.54) is 11.3 Å². The number of benzene rings is 3. The van der Waals surface area contributed by atoms with Crippen molar-refractivity contribution < 1.29 is 18.7 Å². The Hall–Kier alpha value is -2.93. The van der Waals surface area contributed by atoms with E-state index >= 15 is 4.39 Å². The van der Waals surface area contributed by atoms with Gasteiger partial charge in [-0.1, -0.05) is 48.0 Å². The first-order valence-electron chi connectivity index (χ1n) is 10.6. The number of thiophene rings is 1. The number of hydrogen-bond acceptors (Lipinski definition) is 5. The fourth-order valence-electron chi connectivity index (χ4n) is 3.74. The van der Waals surface area contributed by atoms with Crippen LogP contribution in [0.3, 0.4) is 0 Å². The smallest absolute Gasteiger partial charge is 0.310 e. The van der Waals surface area contributed by atoms with Crippen LogP contribution in [0.1, 0.15) is 23.6 Å². The van der Waals surface area contributed by atoms with Crippen LogP contribution in [0.4, 0.5) is 4.39 Å². The lowest BCUT2D eigenvalue weighted by atomic mass is 9.97. The van der Waals surface area contributed by atoms with Crippen molar-refractivity contribution in [3.8, 4) is 16.9 Å². The van der Waals surface area contributed by atoms with Crippen LogP contribution in [0.25, 0.3) is 21.2 Å². The summed E-state index contributed by atoms with van der Waals surface area (Å²) in [6.45, 7) is 2.47. The average molecular weight is 484 g/mol. The number of hydrogen-bond donors (Lipinski definition) is 1. The molecular formula is C26H23ClFNO3S. The summed E-state index contributed by atoms with van der Waals surface area (Å²) in [7, 11) is 0. The Morgan fingerprint density at radius 3 is 2.64 bits per heavy atom. The van der Waals surface area contributed by atoms with Gasteiger partial charge in [0.2, 0.25) is 0 Å². The zero-order valence-electron chi connectivity index (χ0n) is 18.1. The standard InChI is InChI=1S/C26H23ClFNO3S/c1-2-31-25(30)12-17-6-3-4-9-22(17)32-15-16-10-20(21-13-24(27)33-23(21)11-16)19-8-5-7-18(14-29)26(19)28/h3-11,13H,2,12,14-15,29H2,1H3. The molecule has 0 amide bonds. The number of carbonyl (C=O) groups excluding carboxylic acids is 1. The third-order valence-corrected chi connectivity index (χ3v) is 6.47. The maximum Gasteiger partial charge on any atom is 0.310 e. The lowest BCUT2D eigenvalue weighted by Gasteiger charge is -2.14. The largest absolute Gasteiger partial charge is 0.489 e. The maximum atomic E-state index is 15.1. The van der Waals surface area contributed by atoms with Crippen LogP contribution in [0.2, 0.25) is 4.34 Å². The molecule has 0 atom stereocenters. The van der Waals surface area contributed by atoms with Gasteiger partial charge in [0.25, 0.3) is 0 Å². The molecule has 4 aromatic rings. The SMILES string of the molecule is CCOC(=O)Cc1ccccc1OCc1cc(-c2cccc(CN)c2F)c2cc(Cl)sc2c1. The van der Waals surface area contributed by atoms with Gasteiger partial charge in [-0.05, 0) is 42.3 Å². The molecule has 1 heterocycles. The Labute approximate surface area is 200 Å². The van der Waals surface area contributed by atoms with E-state index < -0.39 is 0 Å². The molecule has 0 bridgehead atoms. The summed E-state index contributed by atoms with van der Waals surface area (Å²) in [5.74, 6) is -0.0325. The van der Waals surface area contributed by atoms with Crippen LogP contribution in [0.15, 0.2) is 60.7 Å². The maximum absolute atomic E-state index is 15.1. The number of nitrogens with two attached hydrogens (primary N) is 1. The van der Waals surface area contributed by atoms with Crippen LogP contribution in [0.5, 0.6) is 5.75 Å². The van der Waals surface area contributed by atoms with Gasteiger partial charge in [-0.25, -0.2) is 4.39 Å². The van der Waals surface area contributed by atoms with E-state index in [1.807, 2.05) is 42.5 Å². The highest BCUT2D eigenvalue weighted by Crippen LogP contribution is 2.39. The predicted octanol–water partition coefficient (Wildman–Crippen LogP) is 6.50. The van der Waals surface area contributed by atoms with Crippen LogP contribution < -0.4 is 10.5 Å². The lowest BCUT2D eigenvalue weighted by molar-refractivity contribution is -0.142. The Bertz CT molecular complexity index is 1300. The number of para-hydroxylation sites is 1. The van der Waals surface area contributed by atoms with Crippen molar-refractivity contribution in [1.82, 2.24) is 0 Å². The van der Waals surface area contributed by atoms with Gasteiger partial charge in [-0.15, -0.1) is 11.3 Å². The monoisotopic (exact) mass is 483 g/mol. The molecule has 4 rings (SSSR count). The second kappa shape index (κ2) is 10.3. The average Bonchev–Trinajstić information content (AvgIpc) is 3.18. The highest BCUT2D eigenvalue weighted by molar-refractivity contribution is 7.22. The molecule has 0 radical (unpaired) electrons. The quantitative estimate of drug-likeness (QED) is 0.290. The van der Waals surface area contributed by atoms with E-state index in [1.54, 1.807) is 25.1 Å². The summed E-state index contributed by atoms with van der Waals surface area (Å²) in [5, 5.41) is 0.879. The molecule has 0 spiro atoms. The molecule has 0 saturated heterocycles. The number of rotatable bonds is 8. The van der Waals surface area contributed by atoms with E-state index in [0.717, 1.165) is 26.8 Å². The molecule has 170 valence electrons. The third-order valence-electron chi connectivity index (χ3n) is 5.26. The first-order chi connectivity index (χ1) is 16.0. The van der Waals surface area contributed by atoms with Gasteiger partial charge in [0.1, 0.15) is 18.2 Å². The molecule has 0 aliphatic rings.